The van der Waals surface area contributed by atoms with Gasteiger partial charge in [-0.1, -0.05) is 36.4 Å². The lowest BCUT2D eigenvalue weighted by molar-refractivity contribution is -0.137. The summed E-state index contributed by atoms with van der Waals surface area (Å²) in [5, 5.41) is 4.09. The van der Waals surface area contributed by atoms with E-state index in [2.05, 4.69) is 15.3 Å². The summed E-state index contributed by atoms with van der Waals surface area (Å²) in [6.45, 7) is 1.93. The van der Waals surface area contributed by atoms with Crippen LogP contribution in [0.3, 0.4) is 0 Å². The Balaban J connectivity index is 1.89. The molecule has 2 heterocycles. The number of para-hydroxylation sites is 2. The van der Waals surface area contributed by atoms with Crippen LogP contribution >= 0.6 is 0 Å². The number of hydrogen-bond acceptors (Lipinski definition) is 2. The van der Waals surface area contributed by atoms with Crippen LogP contribution in [0, 0.1) is 6.92 Å². The fraction of sp³-hybridized carbons (Fsp3) is 0.136. The number of fused-ring (bicyclic) bond motifs is 1. The number of benzene rings is 2. The van der Waals surface area contributed by atoms with Gasteiger partial charge in [0.25, 0.3) is 0 Å². The number of nitrogens with one attached hydrogen (secondary N) is 2. The van der Waals surface area contributed by atoms with E-state index >= 15 is 0 Å². The van der Waals surface area contributed by atoms with Crippen molar-refractivity contribution in [2.24, 2.45) is 0 Å². The van der Waals surface area contributed by atoms with Crippen molar-refractivity contribution >= 4 is 16.6 Å². The standard InChI is InChI=1S/C22H18F3N3/c1-14-20(16-8-2-4-10-18(16)27-14)21(15-7-6-12-26-13-15)28-19-11-5-3-9-17(19)22(23,24)25/h2-13,21,27-28H,1H3/t21-/m1/s1. The Bertz CT molecular complexity index is 1100. The highest BCUT2D eigenvalue weighted by Gasteiger charge is 2.34. The van der Waals surface area contributed by atoms with Crippen molar-refractivity contribution in [3.05, 3.63) is 95.4 Å². The fourth-order valence-electron chi connectivity index (χ4n) is 3.55. The summed E-state index contributed by atoms with van der Waals surface area (Å²) in [6.07, 6.45) is -1.13. The number of anilines is 1. The molecule has 0 aliphatic heterocycles. The molecule has 0 saturated heterocycles. The van der Waals surface area contributed by atoms with Gasteiger partial charge in [0.1, 0.15) is 0 Å². The number of alkyl halides is 3. The minimum Gasteiger partial charge on any atom is -0.374 e. The van der Waals surface area contributed by atoms with Crippen molar-refractivity contribution in [2.75, 3.05) is 5.32 Å². The van der Waals surface area contributed by atoms with Crippen LogP contribution in [-0.4, -0.2) is 9.97 Å². The molecule has 0 spiro atoms. The van der Waals surface area contributed by atoms with Gasteiger partial charge in [-0.25, -0.2) is 0 Å². The zero-order valence-corrected chi connectivity index (χ0v) is 15.1. The molecule has 0 radical (unpaired) electrons. The third-order valence-corrected chi connectivity index (χ3v) is 4.78. The van der Waals surface area contributed by atoms with E-state index < -0.39 is 17.8 Å². The highest BCUT2D eigenvalue weighted by atomic mass is 19.4. The van der Waals surface area contributed by atoms with Crippen LogP contribution < -0.4 is 5.32 Å². The van der Waals surface area contributed by atoms with Gasteiger partial charge in [0.15, 0.2) is 0 Å². The maximum Gasteiger partial charge on any atom is 0.418 e. The average molecular weight is 381 g/mol. The van der Waals surface area contributed by atoms with Gasteiger partial charge in [0.2, 0.25) is 0 Å². The molecule has 1 atom stereocenters. The number of halogens is 3. The van der Waals surface area contributed by atoms with Gasteiger partial charge >= 0.3 is 6.18 Å². The molecule has 28 heavy (non-hydrogen) atoms. The van der Waals surface area contributed by atoms with Crippen molar-refractivity contribution in [3.63, 3.8) is 0 Å². The van der Waals surface area contributed by atoms with E-state index in [0.29, 0.717) is 0 Å². The van der Waals surface area contributed by atoms with Crippen molar-refractivity contribution in [3.8, 4) is 0 Å². The van der Waals surface area contributed by atoms with Crippen LogP contribution in [0.4, 0.5) is 18.9 Å². The normalized spacial score (nSPS) is 12.9. The Morgan fingerprint density at radius 3 is 2.46 bits per heavy atom. The Hall–Kier alpha value is -3.28. The van der Waals surface area contributed by atoms with Gasteiger partial charge in [-0.3, -0.25) is 4.98 Å². The lowest BCUT2D eigenvalue weighted by Gasteiger charge is -2.23. The molecule has 142 valence electrons. The van der Waals surface area contributed by atoms with E-state index in [-0.39, 0.29) is 5.69 Å². The van der Waals surface area contributed by atoms with Crippen molar-refractivity contribution in [2.45, 2.75) is 19.1 Å². The highest BCUT2D eigenvalue weighted by molar-refractivity contribution is 5.86. The highest BCUT2D eigenvalue weighted by Crippen LogP contribution is 2.39. The molecular weight excluding hydrogens is 363 g/mol. The second kappa shape index (κ2) is 7.03. The second-order valence-electron chi connectivity index (χ2n) is 6.62. The summed E-state index contributed by atoms with van der Waals surface area (Å²) in [5.74, 6) is 0. The summed E-state index contributed by atoms with van der Waals surface area (Å²) in [5.41, 5.74) is 2.87. The van der Waals surface area contributed by atoms with Crippen LogP contribution in [0.2, 0.25) is 0 Å². The quantitative estimate of drug-likeness (QED) is 0.449. The number of nitrogens with zero attached hydrogens (tertiary/aromatic N) is 1. The van der Waals surface area contributed by atoms with Crippen molar-refractivity contribution < 1.29 is 13.2 Å². The molecule has 2 aromatic carbocycles. The number of pyridine rings is 1. The van der Waals surface area contributed by atoms with Gasteiger partial charge in [-0.05, 0) is 36.8 Å². The zero-order valence-electron chi connectivity index (χ0n) is 15.1. The summed E-state index contributed by atoms with van der Waals surface area (Å²) in [6, 6.07) is 16.5. The van der Waals surface area contributed by atoms with Crippen LogP contribution in [0.5, 0.6) is 0 Å². The van der Waals surface area contributed by atoms with Gasteiger partial charge < -0.3 is 10.3 Å². The van der Waals surface area contributed by atoms with Gasteiger partial charge in [0, 0.05) is 40.2 Å². The van der Waals surface area contributed by atoms with E-state index in [4.69, 9.17) is 0 Å². The molecular formula is C22H18F3N3. The van der Waals surface area contributed by atoms with Crippen LogP contribution in [0.25, 0.3) is 10.9 Å². The smallest absolute Gasteiger partial charge is 0.374 e. The van der Waals surface area contributed by atoms with Gasteiger partial charge in [-0.2, -0.15) is 13.2 Å². The van der Waals surface area contributed by atoms with Crippen LogP contribution in [0.1, 0.15) is 28.4 Å². The van der Waals surface area contributed by atoms with E-state index in [9.17, 15) is 13.2 Å². The van der Waals surface area contributed by atoms with Crippen molar-refractivity contribution in [1.82, 2.24) is 9.97 Å². The minimum absolute atomic E-state index is 0.0357. The molecule has 2 N–H and O–H groups in total. The first-order chi connectivity index (χ1) is 13.4. The Morgan fingerprint density at radius 2 is 1.71 bits per heavy atom. The summed E-state index contributed by atoms with van der Waals surface area (Å²) < 4.78 is 40.6. The molecule has 3 nitrogen and oxygen atoms in total. The molecule has 4 rings (SSSR count). The molecule has 4 aromatic rings. The van der Waals surface area contributed by atoms with Gasteiger partial charge in [-0.15, -0.1) is 0 Å². The monoisotopic (exact) mass is 381 g/mol. The first-order valence-corrected chi connectivity index (χ1v) is 8.85. The van der Waals surface area contributed by atoms with Gasteiger partial charge in [0.05, 0.1) is 11.6 Å². The zero-order chi connectivity index (χ0) is 19.7. The minimum atomic E-state index is -4.45. The summed E-state index contributed by atoms with van der Waals surface area (Å²) >= 11 is 0. The molecule has 0 fully saturated rings. The largest absolute Gasteiger partial charge is 0.418 e. The molecule has 0 saturated carbocycles. The lowest BCUT2D eigenvalue weighted by Crippen LogP contribution is -2.17. The third kappa shape index (κ3) is 3.33. The number of H-pyrrole nitrogens is 1. The molecule has 0 bridgehead atoms. The Morgan fingerprint density at radius 1 is 0.964 bits per heavy atom. The molecule has 0 aliphatic carbocycles. The topological polar surface area (TPSA) is 40.7 Å². The number of aromatic nitrogens is 2. The maximum absolute atomic E-state index is 13.5. The first-order valence-electron chi connectivity index (χ1n) is 8.85. The number of rotatable bonds is 4. The molecule has 2 aromatic heterocycles. The number of hydrogen-bond donors (Lipinski definition) is 2. The molecule has 0 aliphatic rings. The SMILES string of the molecule is Cc1[nH]c2ccccc2c1[C@H](Nc1ccccc1C(F)(F)F)c1cccnc1. The number of aryl methyl sites for hydroxylation is 1. The maximum atomic E-state index is 13.5. The third-order valence-electron chi connectivity index (χ3n) is 4.78. The predicted molar refractivity (Wildman–Crippen MR) is 104 cm³/mol. The Labute approximate surface area is 160 Å². The van der Waals surface area contributed by atoms with Crippen LogP contribution in [-0.2, 0) is 6.18 Å². The molecule has 0 unspecified atom stereocenters. The molecule has 6 heteroatoms. The van der Waals surface area contributed by atoms with Crippen molar-refractivity contribution in [1.29, 1.82) is 0 Å². The summed E-state index contributed by atoms with van der Waals surface area (Å²) in [4.78, 5) is 7.49. The van der Waals surface area contributed by atoms with E-state index in [0.717, 1.165) is 33.8 Å². The number of aromatic amines is 1. The summed E-state index contributed by atoms with van der Waals surface area (Å²) in [7, 11) is 0. The Kier molecular flexibility index (Phi) is 4.55. The first kappa shape index (κ1) is 18.1. The average Bonchev–Trinajstić information content (AvgIpc) is 3.02. The van der Waals surface area contributed by atoms with E-state index in [1.54, 1.807) is 24.5 Å². The lowest BCUT2D eigenvalue weighted by atomic mass is 9.96. The molecule has 0 amide bonds. The van der Waals surface area contributed by atoms with Crippen LogP contribution in [0.15, 0.2) is 73.1 Å². The van der Waals surface area contributed by atoms with E-state index in [1.807, 2.05) is 37.3 Å². The fourth-order valence-corrected chi connectivity index (χ4v) is 3.55. The predicted octanol–water partition coefficient (Wildman–Crippen LogP) is 6.09. The second-order valence-corrected chi connectivity index (χ2v) is 6.62. The van der Waals surface area contributed by atoms with E-state index in [1.165, 1.54) is 12.1 Å².